The number of amides is 1. The molecule has 3 rings (SSSR count). The molecule has 0 bridgehead atoms. The zero-order valence-electron chi connectivity index (χ0n) is 16.5. The Balaban J connectivity index is 1.49. The van der Waals surface area contributed by atoms with Crippen molar-refractivity contribution in [2.45, 2.75) is 43.9 Å². The van der Waals surface area contributed by atoms with Crippen LogP contribution in [0.3, 0.4) is 0 Å². The third-order valence-corrected chi connectivity index (χ3v) is 5.75. The van der Waals surface area contributed by atoms with Crippen LogP contribution in [-0.2, 0) is 0 Å². The Labute approximate surface area is 170 Å². The molecule has 0 saturated heterocycles. The number of carbonyl (C=O) groups is 1. The Morgan fingerprint density at radius 3 is 2.48 bits per heavy atom. The normalized spacial score (nSPS) is 20.2. The number of carbonyl (C=O) groups excluding carboxylic acids is 1. The molecular weight excluding hydrogens is 373 g/mol. The van der Waals surface area contributed by atoms with Gasteiger partial charge in [-0.3, -0.25) is 4.79 Å². The predicted molar refractivity (Wildman–Crippen MR) is 110 cm³/mol. The molecule has 1 amide bonds. The maximum atomic E-state index is 13.1. The van der Waals surface area contributed by atoms with Gasteiger partial charge in [-0.1, -0.05) is 6.07 Å². The fraction of sp³-hybridized carbons (Fsp3) is 0.409. The highest BCUT2D eigenvalue weighted by atomic mass is 19.1. The highest BCUT2D eigenvalue weighted by Gasteiger charge is 2.25. The van der Waals surface area contributed by atoms with Crippen LogP contribution in [0.2, 0.25) is 0 Å². The second-order valence-corrected chi connectivity index (χ2v) is 7.66. The van der Waals surface area contributed by atoms with Crippen molar-refractivity contribution < 1.29 is 19.4 Å². The van der Waals surface area contributed by atoms with Crippen LogP contribution in [0.25, 0.3) is 0 Å². The Kier molecular flexibility index (Phi) is 6.71. The molecule has 1 aliphatic rings. The standard InChI is InChI=1S/C22H28FN3O3/c1-26(17-7-3-15(23)4-8-17)18-9-5-16(6-10-18)25-13-21(28)14-2-11-20(27)19(12-14)22(24)29/h2-4,7-8,11-12,16,18,21,25,27-28H,5-6,9-10,13H2,1H3,(H2,24,29). The Hall–Kier alpha value is -2.64. The molecule has 0 heterocycles. The van der Waals surface area contributed by atoms with E-state index in [0.717, 1.165) is 31.4 Å². The molecule has 2 aromatic rings. The molecule has 6 nitrogen and oxygen atoms in total. The van der Waals surface area contributed by atoms with Crippen LogP contribution in [0, 0.1) is 5.82 Å². The van der Waals surface area contributed by atoms with Gasteiger partial charge in [0.15, 0.2) is 0 Å². The predicted octanol–water partition coefficient (Wildman–Crippen LogP) is 2.70. The molecule has 0 radical (unpaired) electrons. The second-order valence-electron chi connectivity index (χ2n) is 7.66. The van der Waals surface area contributed by atoms with E-state index in [4.69, 9.17) is 5.73 Å². The zero-order valence-corrected chi connectivity index (χ0v) is 16.5. The fourth-order valence-corrected chi connectivity index (χ4v) is 3.91. The van der Waals surface area contributed by atoms with Crippen LogP contribution in [0.4, 0.5) is 10.1 Å². The van der Waals surface area contributed by atoms with E-state index in [-0.39, 0.29) is 17.1 Å². The molecule has 7 heteroatoms. The molecule has 2 aromatic carbocycles. The van der Waals surface area contributed by atoms with E-state index in [1.807, 2.05) is 7.05 Å². The van der Waals surface area contributed by atoms with Gasteiger partial charge in [0, 0.05) is 31.4 Å². The molecule has 5 N–H and O–H groups in total. The number of aliphatic hydroxyl groups excluding tert-OH is 1. The summed E-state index contributed by atoms with van der Waals surface area (Å²) in [4.78, 5) is 13.5. The van der Waals surface area contributed by atoms with Crippen molar-refractivity contribution in [2.24, 2.45) is 5.73 Å². The van der Waals surface area contributed by atoms with Crippen LogP contribution in [0.5, 0.6) is 5.75 Å². The van der Waals surface area contributed by atoms with Gasteiger partial charge >= 0.3 is 0 Å². The number of hydrogen-bond donors (Lipinski definition) is 4. The molecule has 1 unspecified atom stereocenters. The first kappa shape index (κ1) is 21.1. The van der Waals surface area contributed by atoms with Crippen LogP contribution < -0.4 is 16.0 Å². The summed E-state index contributed by atoms with van der Waals surface area (Å²) in [5, 5.41) is 23.5. The van der Waals surface area contributed by atoms with Crippen molar-refractivity contribution in [1.82, 2.24) is 5.32 Å². The first-order valence-electron chi connectivity index (χ1n) is 9.87. The average molecular weight is 401 g/mol. The van der Waals surface area contributed by atoms with Gasteiger partial charge in [-0.2, -0.15) is 0 Å². The van der Waals surface area contributed by atoms with E-state index < -0.39 is 12.0 Å². The molecule has 0 aliphatic heterocycles. The minimum atomic E-state index is -0.798. The second kappa shape index (κ2) is 9.24. The van der Waals surface area contributed by atoms with Crippen molar-refractivity contribution in [3.8, 4) is 5.75 Å². The Bertz CT molecular complexity index is 836. The Morgan fingerprint density at radius 1 is 1.21 bits per heavy atom. The number of nitrogens with zero attached hydrogens (tertiary/aromatic N) is 1. The zero-order chi connectivity index (χ0) is 21.0. The van der Waals surface area contributed by atoms with Crippen LogP contribution in [-0.4, -0.2) is 41.8 Å². The number of nitrogens with one attached hydrogen (secondary N) is 1. The third kappa shape index (κ3) is 5.25. The monoisotopic (exact) mass is 401 g/mol. The minimum Gasteiger partial charge on any atom is -0.507 e. The highest BCUT2D eigenvalue weighted by Crippen LogP contribution is 2.27. The maximum absolute atomic E-state index is 13.1. The minimum absolute atomic E-state index is 0.00545. The molecule has 156 valence electrons. The van der Waals surface area contributed by atoms with E-state index in [9.17, 15) is 19.4 Å². The average Bonchev–Trinajstić information content (AvgIpc) is 2.72. The summed E-state index contributed by atoms with van der Waals surface area (Å²) in [5.74, 6) is -1.15. The number of anilines is 1. The smallest absolute Gasteiger partial charge is 0.252 e. The van der Waals surface area contributed by atoms with E-state index in [1.54, 1.807) is 18.2 Å². The lowest BCUT2D eigenvalue weighted by Gasteiger charge is -2.36. The van der Waals surface area contributed by atoms with Crippen LogP contribution >= 0.6 is 0 Å². The van der Waals surface area contributed by atoms with Gasteiger partial charge in [0.1, 0.15) is 11.6 Å². The number of hydrogen-bond acceptors (Lipinski definition) is 5. The number of phenols is 1. The summed E-state index contributed by atoms with van der Waals surface area (Å²) in [6, 6.07) is 11.6. The molecule has 0 aromatic heterocycles. The van der Waals surface area contributed by atoms with E-state index >= 15 is 0 Å². The largest absolute Gasteiger partial charge is 0.507 e. The van der Waals surface area contributed by atoms with Crippen molar-refractivity contribution in [1.29, 1.82) is 0 Å². The molecule has 1 saturated carbocycles. The van der Waals surface area contributed by atoms with E-state index in [0.29, 0.717) is 24.2 Å². The highest BCUT2D eigenvalue weighted by molar-refractivity contribution is 5.95. The summed E-state index contributed by atoms with van der Waals surface area (Å²) in [6.45, 7) is 0.353. The van der Waals surface area contributed by atoms with E-state index in [1.165, 1.54) is 24.3 Å². The van der Waals surface area contributed by atoms with E-state index in [2.05, 4.69) is 10.2 Å². The fourth-order valence-electron chi connectivity index (χ4n) is 3.91. The first-order chi connectivity index (χ1) is 13.8. The van der Waals surface area contributed by atoms with Gasteiger partial charge in [-0.25, -0.2) is 4.39 Å². The molecule has 1 atom stereocenters. The summed E-state index contributed by atoms with van der Waals surface area (Å²) in [5.41, 5.74) is 6.79. The number of benzene rings is 2. The number of nitrogens with two attached hydrogens (primary N) is 1. The lowest BCUT2D eigenvalue weighted by Crippen LogP contribution is -2.42. The molecule has 29 heavy (non-hydrogen) atoms. The number of halogens is 1. The summed E-state index contributed by atoms with van der Waals surface area (Å²) < 4.78 is 13.1. The quantitative estimate of drug-likeness (QED) is 0.572. The van der Waals surface area contributed by atoms with Gasteiger partial charge in [-0.15, -0.1) is 0 Å². The topological polar surface area (TPSA) is 98.8 Å². The SMILES string of the molecule is CN(c1ccc(F)cc1)C1CCC(NCC(O)c2ccc(O)c(C(N)=O)c2)CC1. The summed E-state index contributed by atoms with van der Waals surface area (Å²) in [6.07, 6.45) is 3.17. The van der Waals surface area contributed by atoms with Crippen molar-refractivity contribution in [3.63, 3.8) is 0 Å². The first-order valence-corrected chi connectivity index (χ1v) is 9.87. The van der Waals surface area contributed by atoms with Crippen molar-refractivity contribution in [2.75, 3.05) is 18.5 Å². The Morgan fingerprint density at radius 2 is 1.86 bits per heavy atom. The lowest BCUT2D eigenvalue weighted by atomic mass is 9.90. The van der Waals surface area contributed by atoms with Crippen LogP contribution in [0.1, 0.15) is 47.7 Å². The summed E-state index contributed by atoms with van der Waals surface area (Å²) >= 11 is 0. The third-order valence-electron chi connectivity index (χ3n) is 5.75. The van der Waals surface area contributed by atoms with Gasteiger partial charge in [0.25, 0.3) is 5.91 Å². The van der Waals surface area contributed by atoms with Crippen LogP contribution in [0.15, 0.2) is 42.5 Å². The number of aromatic hydroxyl groups is 1. The molecule has 1 fully saturated rings. The van der Waals surface area contributed by atoms with Gasteiger partial charge in [0.05, 0.1) is 11.7 Å². The number of primary amides is 1. The van der Waals surface area contributed by atoms with Crippen molar-refractivity contribution in [3.05, 3.63) is 59.4 Å². The number of aliphatic hydroxyl groups is 1. The number of rotatable bonds is 7. The maximum Gasteiger partial charge on any atom is 0.252 e. The van der Waals surface area contributed by atoms with Gasteiger partial charge in [0.2, 0.25) is 0 Å². The van der Waals surface area contributed by atoms with Crippen molar-refractivity contribution >= 4 is 11.6 Å². The lowest BCUT2D eigenvalue weighted by molar-refractivity contribution is 0.0997. The molecule has 0 spiro atoms. The summed E-state index contributed by atoms with van der Waals surface area (Å²) in [7, 11) is 2.04. The van der Waals surface area contributed by atoms with Gasteiger partial charge in [-0.05, 0) is 67.6 Å². The van der Waals surface area contributed by atoms with Gasteiger partial charge < -0.3 is 26.2 Å². The molecular formula is C22H28FN3O3. The molecule has 1 aliphatic carbocycles.